The van der Waals surface area contributed by atoms with Gasteiger partial charge in [0.1, 0.15) is 11.6 Å². The van der Waals surface area contributed by atoms with Gasteiger partial charge in [-0.2, -0.15) is 0 Å². The van der Waals surface area contributed by atoms with E-state index in [9.17, 15) is 23.5 Å². The summed E-state index contributed by atoms with van der Waals surface area (Å²) in [7, 11) is 0. The predicted molar refractivity (Wildman–Crippen MR) is 89.3 cm³/mol. The molecule has 2 fully saturated rings. The Morgan fingerprint density at radius 1 is 1.28 bits per heavy atom. The number of hydrogen-bond donors (Lipinski definition) is 2. The number of carboxylic acids is 1. The Bertz CT molecular complexity index is 653. The lowest BCUT2D eigenvalue weighted by molar-refractivity contribution is -0.149. The number of nitrogens with zero attached hydrogens (tertiary/aromatic N) is 1. The van der Waals surface area contributed by atoms with Crippen molar-refractivity contribution in [2.24, 2.45) is 11.3 Å². The number of halogens is 3. The van der Waals surface area contributed by atoms with Gasteiger partial charge in [0.15, 0.2) is 0 Å². The number of nitrogens with one attached hydrogen (secondary N) is 1. The summed E-state index contributed by atoms with van der Waals surface area (Å²) in [4.78, 5) is 25.5. The topological polar surface area (TPSA) is 69.6 Å². The third kappa shape index (κ3) is 4.10. The van der Waals surface area contributed by atoms with Crippen molar-refractivity contribution < 1.29 is 23.5 Å². The summed E-state index contributed by atoms with van der Waals surface area (Å²) in [5.41, 5.74) is -0.368. The van der Waals surface area contributed by atoms with E-state index in [0.29, 0.717) is 25.1 Å². The minimum atomic E-state index is -0.775. The van der Waals surface area contributed by atoms with E-state index in [-0.39, 0.29) is 37.3 Å². The van der Waals surface area contributed by atoms with Gasteiger partial charge < -0.3 is 10.4 Å². The molecule has 138 valence electrons. The van der Waals surface area contributed by atoms with Crippen LogP contribution in [0.3, 0.4) is 0 Å². The maximum atomic E-state index is 13.1. The Kier molecular flexibility index (Phi) is 6.00. The Morgan fingerprint density at radius 2 is 1.96 bits per heavy atom. The van der Waals surface area contributed by atoms with E-state index in [1.165, 1.54) is 12.1 Å². The van der Waals surface area contributed by atoms with Gasteiger partial charge in [-0.25, -0.2) is 8.78 Å². The highest BCUT2D eigenvalue weighted by Crippen LogP contribution is 2.48. The second-order valence-corrected chi connectivity index (χ2v) is 6.77. The second kappa shape index (κ2) is 7.66. The van der Waals surface area contributed by atoms with Crippen molar-refractivity contribution in [3.63, 3.8) is 0 Å². The largest absolute Gasteiger partial charge is 0.481 e. The van der Waals surface area contributed by atoms with Crippen LogP contribution in [0, 0.1) is 23.0 Å². The molecule has 25 heavy (non-hydrogen) atoms. The summed E-state index contributed by atoms with van der Waals surface area (Å²) >= 11 is 0. The van der Waals surface area contributed by atoms with Crippen molar-refractivity contribution in [2.45, 2.75) is 25.8 Å². The van der Waals surface area contributed by atoms with Gasteiger partial charge in [0.25, 0.3) is 0 Å². The van der Waals surface area contributed by atoms with Crippen molar-refractivity contribution in [2.75, 3.05) is 19.6 Å². The number of carbonyl (C=O) groups is 2. The molecule has 2 aliphatic rings. The van der Waals surface area contributed by atoms with Crippen molar-refractivity contribution in [1.82, 2.24) is 10.2 Å². The van der Waals surface area contributed by atoms with Crippen molar-refractivity contribution in [1.29, 1.82) is 0 Å². The second-order valence-electron chi connectivity index (χ2n) is 6.77. The van der Waals surface area contributed by atoms with E-state index in [4.69, 9.17) is 0 Å². The number of hydrogen-bond acceptors (Lipinski definition) is 3. The summed E-state index contributed by atoms with van der Waals surface area (Å²) in [6.07, 6.45) is 2.46. The zero-order chi connectivity index (χ0) is 17.3. The fourth-order valence-corrected chi connectivity index (χ4v) is 4.04. The Hall–Kier alpha value is -1.73. The van der Waals surface area contributed by atoms with Crippen molar-refractivity contribution in [3.8, 4) is 0 Å². The number of carboxylic acid groups (broad SMARTS) is 1. The molecular weight excluding hydrogens is 354 g/mol. The van der Waals surface area contributed by atoms with Crippen LogP contribution in [0.25, 0.3) is 0 Å². The first kappa shape index (κ1) is 19.6. The monoisotopic (exact) mass is 374 g/mol. The lowest BCUT2D eigenvalue weighted by Crippen LogP contribution is -2.39. The number of fused-ring (bicyclic) bond motifs is 1. The van der Waals surface area contributed by atoms with Crippen LogP contribution in [0.2, 0.25) is 0 Å². The van der Waals surface area contributed by atoms with E-state index in [1.807, 2.05) is 4.90 Å². The number of benzene rings is 1. The maximum Gasteiger partial charge on any atom is 0.311 e. The summed E-state index contributed by atoms with van der Waals surface area (Å²) in [5.74, 6) is -2.33. The van der Waals surface area contributed by atoms with Crippen molar-refractivity contribution >= 4 is 24.3 Å². The van der Waals surface area contributed by atoms with Gasteiger partial charge >= 0.3 is 5.97 Å². The Labute approximate surface area is 150 Å². The zero-order valence-electron chi connectivity index (χ0n) is 13.6. The highest BCUT2D eigenvalue weighted by Gasteiger charge is 2.54. The summed E-state index contributed by atoms with van der Waals surface area (Å²) in [6, 6.07) is 3.12. The van der Waals surface area contributed by atoms with E-state index < -0.39 is 23.0 Å². The first-order chi connectivity index (χ1) is 11.4. The molecule has 1 heterocycles. The molecule has 3 rings (SSSR count). The molecule has 1 aromatic rings. The molecule has 5 nitrogen and oxygen atoms in total. The quantitative estimate of drug-likeness (QED) is 0.829. The molecular formula is C17H21ClF2N2O3. The number of rotatable bonds is 5. The number of amides is 1. The molecule has 1 saturated heterocycles. The van der Waals surface area contributed by atoms with Crippen LogP contribution in [0.1, 0.15) is 24.8 Å². The summed E-state index contributed by atoms with van der Waals surface area (Å²) < 4.78 is 26.2. The molecule has 0 unspecified atom stereocenters. The van der Waals surface area contributed by atoms with Crippen LogP contribution < -0.4 is 5.32 Å². The average molecular weight is 375 g/mol. The summed E-state index contributed by atoms with van der Waals surface area (Å²) in [6.45, 7) is 1.13. The van der Waals surface area contributed by atoms with E-state index in [0.717, 1.165) is 18.9 Å². The standard InChI is InChI=1S/C17H20F2N2O3.ClH/c18-13-4-11(5-14(19)6-13)7-20-15(22)9-21-8-12-2-1-3-17(12,10-21)16(23)24;/h4-6,12H,1-3,7-10H2,(H,20,22)(H,23,24);1H/t12-,17+;/m0./s1. The van der Waals surface area contributed by atoms with Crippen molar-refractivity contribution in [3.05, 3.63) is 35.4 Å². The van der Waals surface area contributed by atoms with Crippen LogP contribution in [-0.4, -0.2) is 41.5 Å². The number of carbonyl (C=O) groups excluding carboxylic acids is 1. The van der Waals surface area contributed by atoms with Gasteiger partial charge in [0, 0.05) is 25.7 Å². The molecule has 0 spiro atoms. The van der Waals surface area contributed by atoms with Crippen LogP contribution >= 0.6 is 12.4 Å². The Balaban J connectivity index is 0.00000225. The van der Waals surface area contributed by atoms with E-state index in [1.54, 1.807) is 0 Å². The molecule has 2 N–H and O–H groups in total. The first-order valence-corrected chi connectivity index (χ1v) is 8.06. The van der Waals surface area contributed by atoms with E-state index in [2.05, 4.69) is 5.32 Å². The van der Waals surface area contributed by atoms with Gasteiger partial charge in [-0.1, -0.05) is 6.42 Å². The third-order valence-corrected chi connectivity index (χ3v) is 5.15. The van der Waals surface area contributed by atoms with E-state index >= 15 is 0 Å². The highest BCUT2D eigenvalue weighted by atomic mass is 35.5. The number of aliphatic carboxylic acids is 1. The molecule has 1 aliphatic heterocycles. The third-order valence-electron chi connectivity index (χ3n) is 5.15. The van der Waals surface area contributed by atoms with Gasteiger partial charge in [0.05, 0.1) is 12.0 Å². The minimum Gasteiger partial charge on any atom is -0.481 e. The molecule has 0 aromatic heterocycles. The van der Waals surface area contributed by atoms with Crippen LogP contribution in [0.5, 0.6) is 0 Å². The lowest BCUT2D eigenvalue weighted by atomic mass is 9.81. The van der Waals surface area contributed by atoms with Crippen LogP contribution in [0.15, 0.2) is 18.2 Å². The van der Waals surface area contributed by atoms with Gasteiger partial charge in [-0.05, 0) is 36.5 Å². The average Bonchev–Trinajstić information content (AvgIpc) is 3.02. The molecule has 2 atom stereocenters. The molecule has 0 radical (unpaired) electrons. The molecule has 1 amide bonds. The maximum absolute atomic E-state index is 13.1. The SMILES string of the molecule is Cl.O=C(CN1C[C@@H]2CCC[C@@]2(C(=O)O)C1)NCc1cc(F)cc(F)c1. The Morgan fingerprint density at radius 3 is 2.56 bits per heavy atom. The zero-order valence-corrected chi connectivity index (χ0v) is 14.5. The smallest absolute Gasteiger partial charge is 0.311 e. The molecule has 0 bridgehead atoms. The minimum absolute atomic E-state index is 0. The highest BCUT2D eigenvalue weighted by molar-refractivity contribution is 5.85. The van der Waals surface area contributed by atoms with Gasteiger partial charge in [0.2, 0.25) is 5.91 Å². The van der Waals surface area contributed by atoms with Gasteiger partial charge in [-0.15, -0.1) is 12.4 Å². The van der Waals surface area contributed by atoms with Crippen LogP contribution in [0.4, 0.5) is 8.78 Å². The van der Waals surface area contributed by atoms with Crippen LogP contribution in [-0.2, 0) is 16.1 Å². The normalized spacial score (nSPS) is 25.3. The number of likely N-dealkylation sites (tertiary alicyclic amines) is 1. The lowest BCUT2D eigenvalue weighted by Gasteiger charge is -2.23. The van der Waals surface area contributed by atoms with Gasteiger partial charge in [-0.3, -0.25) is 14.5 Å². The fourth-order valence-electron chi connectivity index (χ4n) is 4.04. The predicted octanol–water partition coefficient (Wildman–Crippen LogP) is 2.19. The summed E-state index contributed by atoms with van der Waals surface area (Å²) in [5, 5.41) is 12.2. The molecule has 1 aromatic carbocycles. The molecule has 1 aliphatic carbocycles. The molecule has 8 heteroatoms. The molecule has 1 saturated carbocycles. The first-order valence-electron chi connectivity index (χ1n) is 8.06. The fraction of sp³-hybridized carbons (Fsp3) is 0.529.